The maximum Gasteiger partial charge on any atom is 0.220 e. The Morgan fingerprint density at radius 1 is 1.11 bits per heavy atom. The fraction of sp³-hybridized carbons (Fsp3) is 0.200. The molecule has 0 bridgehead atoms. The van der Waals surface area contributed by atoms with Gasteiger partial charge in [0, 0.05) is 18.3 Å². The molecule has 92 valence electrons. The summed E-state index contributed by atoms with van der Waals surface area (Å²) >= 11 is 0. The van der Waals surface area contributed by atoms with Gasteiger partial charge in [-0.3, -0.25) is 9.78 Å². The zero-order valence-corrected chi connectivity index (χ0v) is 10.3. The van der Waals surface area contributed by atoms with E-state index >= 15 is 0 Å². The SMILES string of the molecule is C[C@H](Cc1ccc(-c2ccncc2)cc1)C(N)=O. The zero-order valence-electron chi connectivity index (χ0n) is 10.3. The van der Waals surface area contributed by atoms with Gasteiger partial charge in [-0.1, -0.05) is 31.2 Å². The molecule has 1 heterocycles. The van der Waals surface area contributed by atoms with E-state index in [0.717, 1.165) is 16.7 Å². The van der Waals surface area contributed by atoms with Crippen molar-refractivity contribution in [3.05, 3.63) is 54.4 Å². The fourth-order valence-corrected chi connectivity index (χ4v) is 1.83. The van der Waals surface area contributed by atoms with Gasteiger partial charge in [-0.2, -0.15) is 0 Å². The highest BCUT2D eigenvalue weighted by molar-refractivity contribution is 5.76. The minimum atomic E-state index is -0.256. The van der Waals surface area contributed by atoms with Crippen molar-refractivity contribution in [2.75, 3.05) is 0 Å². The van der Waals surface area contributed by atoms with Crippen molar-refractivity contribution < 1.29 is 4.79 Å². The Bertz CT molecular complexity index is 520. The molecule has 3 nitrogen and oxygen atoms in total. The van der Waals surface area contributed by atoms with Crippen LogP contribution in [0.25, 0.3) is 11.1 Å². The van der Waals surface area contributed by atoms with Crippen molar-refractivity contribution in [1.29, 1.82) is 0 Å². The normalized spacial score (nSPS) is 12.1. The Morgan fingerprint density at radius 3 is 2.22 bits per heavy atom. The third kappa shape index (κ3) is 2.94. The quantitative estimate of drug-likeness (QED) is 0.892. The van der Waals surface area contributed by atoms with Crippen LogP contribution in [0.2, 0.25) is 0 Å². The molecule has 0 saturated carbocycles. The number of hydrogen-bond donors (Lipinski definition) is 1. The number of primary amides is 1. The maximum absolute atomic E-state index is 11.0. The Hall–Kier alpha value is -2.16. The molecule has 3 heteroatoms. The number of nitrogens with two attached hydrogens (primary N) is 1. The van der Waals surface area contributed by atoms with Crippen LogP contribution in [0, 0.1) is 5.92 Å². The molecule has 1 aromatic carbocycles. The van der Waals surface area contributed by atoms with Crippen LogP contribution in [0.5, 0.6) is 0 Å². The van der Waals surface area contributed by atoms with Gasteiger partial charge in [0.15, 0.2) is 0 Å². The molecular formula is C15H16N2O. The van der Waals surface area contributed by atoms with Crippen LogP contribution in [-0.4, -0.2) is 10.9 Å². The highest BCUT2D eigenvalue weighted by Crippen LogP contribution is 2.19. The smallest absolute Gasteiger partial charge is 0.220 e. The molecule has 0 aliphatic rings. The number of nitrogens with zero attached hydrogens (tertiary/aromatic N) is 1. The summed E-state index contributed by atoms with van der Waals surface area (Å²) < 4.78 is 0. The van der Waals surface area contributed by atoms with E-state index in [1.165, 1.54) is 0 Å². The van der Waals surface area contributed by atoms with Gasteiger partial charge in [0.05, 0.1) is 0 Å². The average molecular weight is 240 g/mol. The van der Waals surface area contributed by atoms with Crippen LogP contribution in [0.4, 0.5) is 0 Å². The molecule has 0 saturated heterocycles. The van der Waals surface area contributed by atoms with E-state index in [2.05, 4.69) is 17.1 Å². The molecule has 0 unspecified atom stereocenters. The van der Waals surface area contributed by atoms with E-state index in [1.807, 2.05) is 31.2 Å². The van der Waals surface area contributed by atoms with E-state index < -0.39 is 0 Å². The Balaban J connectivity index is 2.13. The topological polar surface area (TPSA) is 56.0 Å². The minimum Gasteiger partial charge on any atom is -0.369 e. The summed E-state index contributed by atoms with van der Waals surface area (Å²) in [5.41, 5.74) is 8.67. The molecule has 0 radical (unpaired) electrons. The summed E-state index contributed by atoms with van der Waals surface area (Å²) in [6.07, 6.45) is 4.24. The molecule has 1 atom stereocenters. The third-order valence-electron chi connectivity index (χ3n) is 3.00. The summed E-state index contributed by atoms with van der Waals surface area (Å²) in [6, 6.07) is 12.1. The lowest BCUT2D eigenvalue weighted by Gasteiger charge is -2.08. The lowest BCUT2D eigenvalue weighted by atomic mass is 9.98. The van der Waals surface area contributed by atoms with Crippen LogP contribution < -0.4 is 5.73 Å². The number of rotatable bonds is 4. The van der Waals surface area contributed by atoms with E-state index in [-0.39, 0.29) is 11.8 Å². The van der Waals surface area contributed by atoms with Crippen molar-refractivity contribution in [1.82, 2.24) is 4.98 Å². The van der Waals surface area contributed by atoms with Crippen molar-refractivity contribution >= 4 is 5.91 Å². The van der Waals surface area contributed by atoms with E-state index in [4.69, 9.17) is 5.73 Å². The molecule has 0 aliphatic carbocycles. The highest BCUT2D eigenvalue weighted by Gasteiger charge is 2.09. The van der Waals surface area contributed by atoms with Crippen LogP contribution >= 0.6 is 0 Å². The first-order valence-corrected chi connectivity index (χ1v) is 5.95. The van der Waals surface area contributed by atoms with Crippen LogP contribution in [-0.2, 0) is 11.2 Å². The Morgan fingerprint density at radius 2 is 1.67 bits per heavy atom. The van der Waals surface area contributed by atoms with Crippen molar-refractivity contribution in [2.24, 2.45) is 11.7 Å². The second-order valence-electron chi connectivity index (χ2n) is 4.44. The van der Waals surface area contributed by atoms with Crippen molar-refractivity contribution in [3.63, 3.8) is 0 Å². The molecule has 2 rings (SSSR count). The summed E-state index contributed by atoms with van der Waals surface area (Å²) in [6.45, 7) is 1.85. The first-order valence-electron chi connectivity index (χ1n) is 5.95. The molecule has 0 fully saturated rings. The van der Waals surface area contributed by atoms with Gasteiger partial charge in [-0.25, -0.2) is 0 Å². The third-order valence-corrected chi connectivity index (χ3v) is 3.00. The Kier molecular flexibility index (Phi) is 3.72. The molecule has 1 amide bonds. The fourth-order valence-electron chi connectivity index (χ4n) is 1.83. The summed E-state index contributed by atoms with van der Waals surface area (Å²) in [7, 11) is 0. The minimum absolute atomic E-state index is 0.128. The van der Waals surface area contributed by atoms with Gasteiger partial charge < -0.3 is 5.73 Å². The largest absolute Gasteiger partial charge is 0.369 e. The molecule has 1 aromatic heterocycles. The highest BCUT2D eigenvalue weighted by atomic mass is 16.1. The molecule has 2 aromatic rings. The lowest BCUT2D eigenvalue weighted by Crippen LogP contribution is -2.22. The molecular weight excluding hydrogens is 224 g/mol. The summed E-state index contributed by atoms with van der Waals surface area (Å²) in [5, 5.41) is 0. The van der Waals surface area contributed by atoms with Crippen molar-refractivity contribution in [2.45, 2.75) is 13.3 Å². The first-order chi connectivity index (χ1) is 8.66. The monoisotopic (exact) mass is 240 g/mol. The second kappa shape index (κ2) is 5.45. The van der Waals surface area contributed by atoms with Gasteiger partial charge >= 0.3 is 0 Å². The molecule has 2 N–H and O–H groups in total. The van der Waals surface area contributed by atoms with Crippen molar-refractivity contribution in [3.8, 4) is 11.1 Å². The van der Waals surface area contributed by atoms with Crippen LogP contribution in [0.1, 0.15) is 12.5 Å². The average Bonchev–Trinajstić information content (AvgIpc) is 2.40. The molecule has 0 aliphatic heterocycles. The van der Waals surface area contributed by atoms with Crippen LogP contribution in [0.3, 0.4) is 0 Å². The summed E-state index contributed by atoms with van der Waals surface area (Å²) in [4.78, 5) is 15.0. The molecule has 18 heavy (non-hydrogen) atoms. The number of carbonyl (C=O) groups is 1. The number of carbonyl (C=O) groups excluding carboxylic acids is 1. The van der Waals surface area contributed by atoms with E-state index in [1.54, 1.807) is 12.4 Å². The predicted molar refractivity (Wildman–Crippen MR) is 71.7 cm³/mol. The van der Waals surface area contributed by atoms with E-state index in [9.17, 15) is 4.79 Å². The van der Waals surface area contributed by atoms with Crippen LogP contribution in [0.15, 0.2) is 48.8 Å². The standard InChI is InChI=1S/C15H16N2O/c1-11(15(16)18)10-12-2-4-13(5-3-12)14-6-8-17-9-7-14/h2-9,11H,10H2,1H3,(H2,16,18)/t11-/m1/s1. The predicted octanol–water partition coefficient (Wildman–Crippen LogP) is 2.41. The van der Waals surface area contributed by atoms with Gasteiger partial charge in [-0.15, -0.1) is 0 Å². The number of pyridine rings is 1. The number of aromatic nitrogens is 1. The second-order valence-corrected chi connectivity index (χ2v) is 4.44. The number of benzene rings is 1. The van der Waals surface area contributed by atoms with Gasteiger partial charge in [0.2, 0.25) is 5.91 Å². The lowest BCUT2D eigenvalue weighted by molar-refractivity contribution is -0.121. The number of hydrogen-bond acceptors (Lipinski definition) is 2. The summed E-state index contributed by atoms with van der Waals surface area (Å²) in [5.74, 6) is -0.384. The van der Waals surface area contributed by atoms with E-state index in [0.29, 0.717) is 6.42 Å². The van der Waals surface area contributed by atoms with Gasteiger partial charge in [0.1, 0.15) is 0 Å². The number of amides is 1. The first kappa shape index (κ1) is 12.3. The van der Waals surface area contributed by atoms with Gasteiger partial charge in [0.25, 0.3) is 0 Å². The molecule has 0 spiro atoms. The zero-order chi connectivity index (χ0) is 13.0. The maximum atomic E-state index is 11.0. The Labute approximate surface area is 107 Å². The van der Waals surface area contributed by atoms with Gasteiger partial charge in [-0.05, 0) is 35.2 Å².